The second kappa shape index (κ2) is 7.09. The molecule has 0 radical (unpaired) electrons. The Morgan fingerprint density at radius 2 is 2.07 bits per heavy atom. The lowest BCUT2D eigenvalue weighted by Crippen LogP contribution is -2.32. The number of aromatic nitrogens is 5. The molecule has 2 aromatic rings. The summed E-state index contributed by atoms with van der Waals surface area (Å²) in [4.78, 5) is 30.3. The molecule has 1 aliphatic heterocycles. The van der Waals surface area contributed by atoms with Crippen molar-refractivity contribution in [2.24, 2.45) is 0 Å². The zero-order valence-electron chi connectivity index (χ0n) is 15.5. The summed E-state index contributed by atoms with van der Waals surface area (Å²) in [5.74, 6) is 0.963. The molecule has 2 aromatic heterocycles. The van der Waals surface area contributed by atoms with Crippen molar-refractivity contribution in [1.29, 1.82) is 0 Å². The van der Waals surface area contributed by atoms with Crippen molar-refractivity contribution >= 4 is 11.9 Å². The summed E-state index contributed by atoms with van der Waals surface area (Å²) < 4.78 is 6.98. The van der Waals surface area contributed by atoms with Gasteiger partial charge in [0.15, 0.2) is 5.82 Å². The minimum absolute atomic E-state index is 0.0143. The molecule has 0 aromatic carbocycles. The van der Waals surface area contributed by atoms with Crippen molar-refractivity contribution in [3.8, 4) is 0 Å². The van der Waals surface area contributed by atoms with E-state index in [-0.39, 0.29) is 24.4 Å². The van der Waals surface area contributed by atoms with E-state index in [0.29, 0.717) is 23.9 Å². The number of imide groups is 1. The number of rotatable bonds is 6. The van der Waals surface area contributed by atoms with Gasteiger partial charge in [-0.2, -0.15) is 4.98 Å². The molecule has 144 valence electrons. The van der Waals surface area contributed by atoms with Gasteiger partial charge in [-0.25, -0.2) is 9.48 Å². The molecule has 0 spiro atoms. The second-order valence-electron chi connectivity index (χ2n) is 7.44. The summed E-state index contributed by atoms with van der Waals surface area (Å²) in [6.45, 7) is 3.97. The quantitative estimate of drug-likeness (QED) is 0.763. The van der Waals surface area contributed by atoms with Crippen molar-refractivity contribution in [2.45, 2.75) is 70.5 Å². The van der Waals surface area contributed by atoms with Gasteiger partial charge in [-0.05, 0) is 26.7 Å². The first-order chi connectivity index (χ1) is 13.0. The molecular weight excluding hydrogens is 350 g/mol. The Hall–Kier alpha value is -2.78. The molecule has 3 heterocycles. The molecule has 4 rings (SSSR count). The number of amides is 3. The van der Waals surface area contributed by atoms with Gasteiger partial charge in [0.25, 0.3) is 5.91 Å². The van der Waals surface area contributed by atoms with Crippen LogP contribution in [0.3, 0.4) is 0 Å². The average molecular weight is 373 g/mol. The molecule has 2 aliphatic rings. The van der Waals surface area contributed by atoms with E-state index in [1.165, 1.54) is 12.8 Å². The number of hydrogen-bond acceptors (Lipinski definition) is 7. The average Bonchev–Trinajstić information content (AvgIpc) is 3.40. The van der Waals surface area contributed by atoms with Crippen molar-refractivity contribution in [2.75, 3.05) is 0 Å². The fraction of sp³-hybridized carbons (Fsp3) is 0.647. The first kappa shape index (κ1) is 17.6. The first-order valence-electron chi connectivity index (χ1n) is 9.36. The van der Waals surface area contributed by atoms with E-state index in [4.69, 9.17) is 4.52 Å². The molecule has 10 nitrogen and oxygen atoms in total. The van der Waals surface area contributed by atoms with Crippen LogP contribution in [-0.4, -0.2) is 48.0 Å². The zero-order valence-corrected chi connectivity index (χ0v) is 15.5. The van der Waals surface area contributed by atoms with E-state index in [1.54, 1.807) is 10.9 Å². The van der Waals surface area contributed by atoms with Crippen LogP contribution in [0.2, 0.25) is 0 Å². The highest BCUT2D eigenvalue weighted by atomic mass is 16.5. The van der Waals surface area contributed by atoms with E-state index in [0.717, 1.165) is 17.7 Å². The Labute approximate surface area is 156 Å². The lowest BCUT2D eigenvalue weighted by molar-refractivity contribution is -0.128. The van der Waals surface area contributed by atoms with Crippen LogP contribution in [0.4, 0.5) is 4.79 Å². The Morgan fingerprint density at radius 3 is 2.78 bits per heavy atom. The highest BCUT2D eigenvalue weighted by molar-refractivity contribution is 6.04. The summed E-state index contributed by atoms with van der Waals surface area (Å²) in [5, 5.41) is 14.8. The number of nitrogens with zero attached hydrogens (tertiary/aromatic N) is 6. The number of nitrogens with one attached hydrogen (secondary N) is 1. The van der Waals surface area contributed by atoms with E-state index in [1.807, 2.05) is 13.8 Å². The van der Waals surface area contributed by atoms with Gasteiger partial charge in [-0.15, -0.1) is 5.10 Å². The Balaban J connectivity index is 1.40. The predicted octanol–water partition coefficient (Wildman–Crippen LogP) is 1.56. The number of carbonyl (C=O) groups is 2. The van der Waals surface area contributed by atoms with Crippen LogP contribution < -0.4 is 5.32 Å². The molecule has 10 heteroatoms. The Morgan fingerprint density at radius 1 is 1.30 bits per heavy atom. The normalized spacial score (nSPS) is 20.9. The van der Waals surface area contributed by atoms with Crippen molar-refractivity contribution < 1.29 is 14.1 Å². The van der Waals surface area contributed by atoms with Crippen molar-refractivity contribution in [3.63, 3.8) is 0 Å². The smallest absolute Gasteiger partial charge is 0.325 e. The molecule has 1 atom stereocenters. The molecule has 1 saturated heterocycles. The van der Waals surface area contributed by atoms with Gasteiger partial charge >= 0.3 is 6.03 Å². The lowest BCUT2D eigenvalue weighted by Gasteiger charge is -2.09. The van der Waals surface area contributed by atoms with E-state index in [2.05, 4.69) is 25.8 Å². The van der Waals surface area contributed by atoms with Gasteiger partial charge in [-0.3, -0.25) is 9.69 Å². The van der Waals surface area contributed by atoms with Crippen LogP contribution in [0.25, 0.3) is 0 Å². The first-order valence-corrected chi connectivity index (χ1v) is 9.36. The maximum absolute atomic E-state index is 12.6. The third kappa shape index (κ3) is 3.56. The van der Waals surface area contributed by atoms with E-state index in [9.17, 15) is 9.59 Å². The molecule has 2 fully saturated rings. The molecule has 1 saturated carbocycles. The van der Waals surface area contributed by atoms with Crippen molar-refractivity contribution in [3.05, 3.63) is 23.6 Å². The highest BCUT2D eigenvalue weighted by Crippen LogP contribution is 2.32. The van der Waals surface area contributed by atoms with E-state index < -0.39 is 12.1 Å². The van der Waals surface area contributed by atoms with Crippen LogP contribution in [0.5, 0.6) is 0 Å². The van der Waals surface area contributed by atoms with Gasteiger partial charge in [0, 0.05) is 24.6 Å². The lowest BCUT2D eigenvalue weighted by atomic mass is 10.1. The third-order valence-corrected chi connectivity index (χ3v) is 5.10. The maximum Gasteiger partial charge on any atom is 0.325 e. The predicted molar refractivity (Wildman–Crippen MR) is 92.5 cm³/mol. The Kier molecular flexibility index (Phi) is 4.63. The molecule has 0 bridgehead atoms. The number of urea groups is 1. The number of hydrogen-bond donors (Lipinski definition) is 1. The summed E-state index contributed by atoms with van der Waals surface area (Å²) >= 11 is 0. The fourth-order valence-electron chi connectivity index (χ4n) is 3.55. The summed E-state index contributed by atoms with van der Waals surface area (Å²) in [6.07, 6.45) is 6.54. The van der Waals surface area contributed by atoms with Crippen LogP contribution >= 0.6 is 0 Å². The van der Waals surface area contributed by atoms with Gasteiger partial charge in [0.2, 0.25) is 5.89 Å². The van der Waals surface area contributed by atoms with Gasteiger partial charge in [-0.1, -0.05) is 23.2 Å². The maximum atomic E-state index is 12.6. The minimum Gasteiger partial charge on any atom is -0.337 e. The highest BCUT2D eigenvalue weighted by Gasteiger charge is 2.39. The molecular formula is C17H23N7O3. The molecule has 3 amide bonds. The third-order valence-electron chi connectivity index (χ3n) is 5.10. The van der Waals surface area contributed by atoms with Gasteiger partial charge in [0.1, 0.15) is 12.6 Å². The zero-order chi connectivity index (χ0) is 19.0. The van der Waals surface area contributed by atoms with Crippen LogP contribution in [-0.2, 0) is 17.8 Å². The van der Waals surface area contributed by atoms with Crippen LogP contribution in [0, 0.1) is 0 Å². The molecule has 1 unspecified atom stereocenters. The monoisotopic (exact) mass is 373 g/mol. The van der Waals surface area contributed by atoms with Crippen molar-refractivity contribution in [1.82, 2.24) is 35.4 Å². The SMILES string of the molecule is CC(C)n1cc(CC2NC(=O)N(Cc3nc(C4CCCC4)no3)C2=O)nn1. The topological polar surface area (TPSA) is 119 Å². The van der Waals surface area contributed by atoms with Crippen LogP contribution in [0.15, 0.2) is 10.7 Å². The molecule has 27 heavy (non-hydrogen) atoms. The fourth-order valence-corrected chi connectivity index (χ4v) is 3.55. The van der Waals surface area contributed by atoms with E-state index >= 15 is 0 Å². The summed E-state index contributed by atoms with van der Waals surface area (Å²) in [5.41, 5.74) is 0.658. The van der Waals surface area contributed by atoms with Crippen LogP contribution in [0.1, 0.15) is 68.9 Å². The second-order valence-corrected chi connectivity index (χ2v) is 7.44. The standard InChI is InChI=1S/C17H23N7O3/c1-10(2)24-8-12(20-22-24)7-13-16(25)23(17(26)18-13)9-14-19-15(21-27-14)11-5-3-4-6-11/h8,10-11,13H,3-7,9H2,1-2H3,(H,18,26). The Bertz CT molecular complexity index is 837. The summed E-state index contributed by atoms with van der Waals surface area (Å²) in [7, 11) is 0. The molecule has 1 N–H and O–H groups in total. The largest absolute Gasteiger partial charge is 0.337 e. The van der Waals surface area contributed by atoms with Gasteiger partial charge in [0.05, 0.1) is 5.69 Å². The minimum atomic E-state index is -0.660. The summed E-state index contributed by atoms with van der Waals surface area (Å²) in [6, 6.07) is -0.933. The van der Waals surface area contributed by atoms with Gasteiger partial charge < -0.3 is 9.84 Å². The number of carbonyl (C=O) groups excluding carboxylic acids is 2. The molecule has 1 aliphatic carbocycles.